The molecule has 0 saturated heterocycles. The largest absolute Gasteiger partial charge is 0.497 e. The molecule has 0 aliphatic carbocycles. The van der Waals surface area contributed by atoms with E-state index >= 15 is 0 Å². The molecule has 27 heavy (non-hydrogen) atoms. The topological polar surface area (TPSA) is 61.4 Å². The second kappa shape index (κ2) is 7.24. The number of hydrogen-bond donors (Lipinski definition) is 0. The molecule has 0 saturated carbocycles. The van der Waals surface area contributed by atoms with Crippen LogP contribution in [0.15, 0.2) is 70.9 Å². The van der Waals surface area contributed by atoms with Gasteiger partial charge in [0.05, 0.1) is 7.11 Å². The third-order valence-electron chi connectivity index (χ3n) is 4.05. The standard InChI is InChI=1S/C19H15FN4O2S/c1-26-16-4-2-3-13(11-16)12-27-19-22-21-17-18(25)23(9-10-24(17)19)15-7-5-14(20)6-8-15/h2-11H,12H2,1H3. The maximum absolute atomic E-state index is 13.1. The van der Waals surface area contributed by atoms with Crippen molar-refractivity contribution >= 4 is 17.4 Å². The Hall–Kier alpha value is -3.13. The summed E-state index contributed by atoms with van der Waals surface area (Å²) in [6, 6.07) is 13.5. The summed E-state index contributed by atoms with van der Waals surface area (Å²) in [4.78, 5) is 12.7. The fraction of sp³-hybridized carbons (Fsp3) is 0.105. The molecular formula is C19H15FN4O2S. The second-order valence-corrected chi connectivity index (χ2v) is 6.71. The van der Waals surface area contributed by atoms with Crippen LogP contribution in [0.1, 0.15) is 5.56 Å². The first kappa shape index (κ1) is 17.3. The van der Waals surface area contributed by atoms with E-state index in [0.717, 1.165) is 11.3 Å². The number of hydrogen-bond acceptors (Lipinski definition) is 5. The summed E-state index contributed by atoms with van der Waals surface area (Å²) < 4.78 is 21.4. The Bertz CT molecular complexity index is 1150. The summed E-state index contributed by atoms with van der Waals surface area (Å²) in [5, 5.41) is 8.78. The summed E-state index contributed by atoms with van der Waals surface area (Å²) in [6.07, 6.45) is 3.36. The lowest BCUT2D eigenvalue weighted by Crippen LogP contribution is -2.20. The molecule has 0 amide bonds. The highest BCUT2D eigenvalue weighted by atomic mass is 32.2. The number of thioether (sulfide) groups is 1. The summed E-state index contributed by atoms with van der Waals surface area (Å²) >= 11 is 1.48. The number of methoxy groups -OCH3 is 1. The third-order valence-corrected chi connectivity index (χ3v) is 5.06. The average molecular weight is 382 g/mol. The lowest BCUT2D eigenvalue weighted by atomic mass is 10.2. The summed E-state index contributed by atoms with van der Waals surface area (Å²) in [7, 11) is 1.63. The molecule has 0 unspecified atom stereocenters. The molecule has 0 fully saturated rings. The fourth-order valence-electron chi connectivity index (χ4n) is 2.68. The smallest absolute Gasteiger partial charge is 0.300 e. The zero-order valence-corrected chi connectivity index (χ0v) is 15.2. The quantitative estimate of drug-likeness (QED) is 0.496. The Balaban J connectivity index is 1.63. The first-order chi connectivity index (χ1) is 13.2. The molecule has 0 N–H and O–H groups in total. The van der Waals surface area contributed by atoms with Crippen molar-refractivity contribution in [3.8, 4) is 11.4 Å². The normalized spacial score (nSPS) is 11.0. The number of halogens is 1. The Labute approximate surface area is 158 Å². The highest BCUT2D eigenvalue weighted by molar-refractivity contribution is 7.98. The Morgan fingerprint density at radius 2 is 1.93 bits per heavy atom. The van der Waals surface area contributed by atoms with Gasteiger partial charge in [0, 0.05) is 23.8 Å². The Kier molecular flexibility index (Phi) is 4.64. The van der Waals surface area contributed by atoms with Crippen LogP contribution in [0.3, 0.4) is 0 Å². The van der Waals surface area contributed by atoms with Crippen molar-refractivity contribution in [2.75, 3.05) is 7.11 Å². The van der Waals surface area contributed by atoms with Gasteiger partial charge in [0.15, 0.2) is 5.16 Å². The molecule has 2 heterocycles. The van der Waals surface area contributed by atoms with Gasteiger partial charge in [-0.25, -0.2) is 4.39 Å². The predicted molar refractivity (Wildman–Crippen MR) is 101 cm³/mol. The molecule has 8 heteroatoms. The molecule has 4 rings (SSSR count). The molecule has 0 atom stereocenters. The van der Waals surface area contributed by atoms with Crippen molar-refractivity contribution in [2.45, 2.75) is 10.9 Å². The number of aromatic nitrogens is 4. The van der Waals surface area contributed by atoms with Crippen molar-refractivity contribution in [1.29, 1.82) is 0 Å². The van der Waals surface area contributed by atoms with Crippen LogP contribution in [0.5, 0.6) is 5.75 Å². The van der Waals surface area contributed by atoms with Crippen molar-refractivity contribution in [1.82, 2.24) is 19.2 Å². The van der Waals surface area contributed by atoms with Gasteiger partial charge in [-0.1, -0.05) is 23.9 Å². The van der Waals surface area contributed by atoms with Gasteiger partial charge in [-0.2, -0.15) is 0 Å². The van der Waals surface area contributed by atoms with E-state index in [0.29, 0.717) is 16.6 Å². The van der Waals surface area contributed by atoms with E-state index in [9.17, 15) is 9.18 Å². The highest BCUT2D eigenvalue weighted by Crippen LogP contribution is 2.23. The van der Waals surface area contributed by atoms with Gasteiger partial charge in [0.1, 0.15) is 11.6 Å². The van der Waals surface area contributed by atoms with Crippen LogP contribution in [-0.4, -0.2) is 26.3 Å². The minimum Gasteiger partial charge on any atom is -0.497 e. The van der Waals surface area contributed by atoms with E-state index in [-0.39, 0.29) is 17.0 Å². The molecule has 2 aromatic heterocycles. The van der Waals surface area contributed by atoms with Crippen LogP contribution in [0.4, 0.5) is 4.39 Å². The maximum atomic E-state index is 13.1. The van der Waals surface area contributed by atoms with E-state index in [1.54, 1.807) is 36.0 Å². The second-order valence-electron chi connectivity index (χ2n) is 5.77. The van der Waals surface area contributed by atoms with E-state index in [1.807, 2.05) is 24.3 Å². The first-order valence-corrected chi connectivity index (χ1v) is 9.12. The number of benzene rings is 2. The molecule has 136 valence electrons. The van der Waals surface area contributed by atoms with Crippen LogP contribution < -0.4 is 10.3 Å². The van der Waals surface area contributed by atoms with E-state index in [4.69, 9.17) is 4.74 Å². The van der Waals surface area contributed by atoms with Crippen molar-refractivity contribution < 1.29 is 9.13 Å². The minimum atomic E-state index is -0.355. The van der Waals surface area contributed by atoms with E-state index in [2.05, 4.69) is 10.2 Å². The zero-order valence-electron chi connectivity index (χ0n) is 14.4. The highest BCUT2D eigenvalue weighted by Gasteiger charge is 2.12. The lowest BCUT2D eigenvalue weighted by Gasteiger charge is -2.06. The Morgan fingerprint density at radius 1 is 1.11 bits per heavy atom. The van der Waals surface area contributed by atoms with Crippen molar-refractivity contribution in [3.63, 3.8) is 0 Å². The fourth-order valence-corrected chi connectivity index (χ4v) is 3.54. The van der Waals surface area contributed by atoms with Crippen LogP contribution >= 0.6 is 11.8 Å². The number of fused-ring (bicyclic) bond motifs is 1. The zero-order chi connectivity index (χ0) is 18.8. The predicted octanol–water partition coefficient (Wildman–Crippen LogP) is 3.32. The molecule has 4 aromatic rings. The molecule has 0 aliphatic heterocycles. The molecular weight excluding hydrogens is 367 g/mol. The van der Waals surface area contributed by atoms with Gasteiger partial charge >= 0.3 is 5.56 Å². The summed E-state index contributed by atoms with van der Waals surface area (Å²) in [5.74, 6) is 1.10. The number of nitrogens with zero attached hydrogens (tertiary/aromatic N) is 4. The maximum Gasteiger partial charge on any atom is 0.300 e. The SMILES string of the molecule is COc1cccc(CSc2nnc3c(=O)n(-c4ccc(F)cc4)ccn23)c1. The molecule has 0 spiro atoms. The lowest BCUT2D eigenvalue weighted by molar-refractivity contribution is 0.414. The van der Waals surface area contributed by atoms with Crippen LogP contribution in [0, 0.1) is 5.82 Å². The molecule has 6 nitrogen and oxygen atoms in total. The summed E-state index contributed by atoms with van der Waals surface area (Å²) in [5.41, 5.74) is 1.55. The van der Waals surface area contributed by atoms with Crippen molar-refractivity contribution in [2.24, 2.45) is 0 Å². The summed E-state index contributed by atoms with van der Waals surface area (Å²) in [6.45, 7) is 0. The third kappa shape index (κ3) is 3.43. The van der Waals surface area contributed by atoms with Crippen molar-refractivity contribution in [3.05, 3.63) is 82.7 Å². The first-order valence-electron chi connectivity index (χ1n) is 8.14. The van der Waals surface area contributed by atoms with E-state index < -0.39 is 0 Å². The van der Waals surface area contributed by atoms with Crippen LogP contribution in [0.25, 0.3) is 11.3 Å². The van der Waals surface area contributed by atoms with Gasteiger partial charge in [-0.3, -0.25) is 13.8 Å². The van der Waals surface area contributed by atoms with Crippen LogP contribution in [-0.2, 0) is 5.75 Å². The molecule has 0 bridgehead atoms. The van der Waals surface area contributed by atoms with Gasteiger partial charge in [-0.15, -0.1) is 10.2 Å². The molecule has 0 aliphatic rings. The monoisotopic (exact) mass is 382 g/mol. The van der Waals surface area contributed by atoms with Gasteiger partial charge < -0.3 is 4.74 Å². The Morgan fingerprint density at radius 3 is 2.70 bits per heavy atom. The minimum absolute atomic E-state index is 0.218. The van der Waals surface area contributed by atoms with Gasteiger partial charge in [-0.05, 0) is 42.0 Å². The number of ether oxygens (including phenoxy) is 1. The molecule has 2 aromatic carbocycles. The van der Waals surface area contributed by atoms with Gasteiger partial charge in [0.2, 0.25) is 5.65 Å². The molecule has 0 radical (unpaired) electrons. The van der Waals surface area contributed by atoms with Gasteiger partial charge in [0.25, 0.3) is 0 Å². The average Bonchev–Trinajstić information content (AvgIpc) is 3.12. The number of rotatable bonds is 5. The van der Waals surface area contributed by atoms with Crippen LogP contribution in [0.2, 0.25) is 0 Å². The van der Waals surface area contributed by atoms with E-state index in [1.165, 1.54) is 28.5 Å².